The van der Waals surface area contributed by atoms with Crippen LogP contribution in [0.5, 0.6) is 0 Å². The van der Waals surface area contributed by atoms with E-state index in [-0.39, 0.29) is 12.3 Å². The van der Waals surface area contributed by atoms with E-state index in [1.165, 1.54) is 37.3 Å². The molecular formula is C18H18F2N2O4S. The van der Waals surface area contributed by atoms with Gasteiger partial charge in [-0.3, -0.25) is 4.79 Å². The van der Waals surface area contributed by atoms with Gasteiger partial charge in [-0.2, -0.15) is 0 Å². The van der Waals surface area contributed by atoms with E-state index in [1.807, 2.05) is 0 Å². The summed E-state index contributed by atoms with van der Waals surface area (Å²) in [6.45, 7) is 2.16. The van der Waals surface area contributed by atoms with E-state index in [4.69, 9.17) is 4.74 Å². The molecule has 0 saturated carbocycles. The maximum Gasteiger partial charge on any atom is 0.258 e. The minimum atomic E-state index is -4.15. The molecule has 144 valence electrons. The molecule has 0 radical (unpaired) electrons. The fraction of sp³-hybridized carbons (Fsp3) is 0.278. The third kappa shape index (κ3) is 4.32. The molecule has 0 aliphatic carbocycles. The zero-order chi connectivity index (χ0) is 19.6. The summed E-state index contributed by atoms with van der Waals surface area (Å²) in [6, 6.07) is 7.02. The Morgan fingerprint density at radius 2 is 2.00 bits per heavy atom. The van der Waals surface area contributed by atoms with Crippen LogP contribution < -0.4 is 10.0 Å². The van der Waals surface area contributed by atoms with Crippen LogP contribution in [0.15, 0.2) is 41.3 Å². The van der Waals surface area contributed by atoms with Crippen LogP contribution in [0.1, 0.15) is 22.3 Å². The first-order chi connectivity index (χ1) is 12.8. The van der Waals surface area contributed by atoms with Crippen molar-refractivity contribution in [3.05, 3.63) is 59.2 Å². The molecule has 2 aromatic rings. The fourth-order valence-corrected chi connectivity index (χ4v) is 4.08. The molecule has 9 heteroatoms. The van der Waals surface area contributed by atoms with E-state index in [0.717, 1.165) is 6.07 Å². The van der Waals surface area contributed by atoms with Crippen LogP contribution in [0.25, 0.3) is 0 Å². The van der Waals surface area contributed by atoms with Gasteiger partial charge in [0.25, 0.3) is 5.91 Å². The number of amides is 1. The lowest BCUT2D eigenvalue weighted by molar-refractivity contribution is 0.102. The minimum Gasteiger partial charge on any atom is -0.380 e. The Kier molecular flexibility index (Phi) is 5.54. The molecule has 3 rings (SSSR count). The van der Waals surface area contributed by atoms with Crippen LogP contribution in [-0.4, -0.2) is 33.6 Å². The highest BCUT2D eigenvalue weighted by Crippen LogP contribution is 2.21. The number of sulfonamides is 1. The summed E-state index contributed by atoms with van der Waals surface area (Å²) in [5, 5.41) is 2.44. The standard InChI is InChI=1S/C18H18F2N2O4S/c1-11-9-12(5-6-15(11)19)21-18(23)14-3-2-4-16(17(14)20)27(24,25)22-13-7-8-26-10-13/h2-6,9,13,22H,7-8,10H2,1H3,(H,21,23)/t13-/m1/s1. The first kappa shape index (κ1) is 19.4. The summed E-state index contributed by atoms with van der Waals surface area (Å²) in [7, 11) is -4.15. The van der Waals surface area contributed by atoms with Gasteiger partial charge >= 0.3 is 0 Å². The molecule has 1 fully saturated rings. The third-order valence-electron chi connectivity index (χ3n) is 4.16. The maximum absolute atomic E-state index is 14.8. The second kappa shape index (κ2) is 7.71. The molecule has 1 atom stereocenters. The van der Waals surface area contributed by atoms with Crippen molar-refractivity contribution in [1.82, 2.24) is 4.72 Å². The highest BCUT2D eigenvalue weighted by Gasteiger charge is 2.28. The molecule has 0 aromatic heterocycles. The first-order valence-electron chi connectivity index (χ1n) is 8.24. The van der Waals surface area contributed by atoms with E-state index >= 15 is 0 Å². The number of hydrogen-bond acceptors (Lipinski definition) is 4. The highest BCUT2D eigenvalue weighted by molar-refractivity contribution is 7.89. The van der Waals surface area contributed by atoms with Crippen LogP contribution in [0, 0.1) is 18.6 Å². The molecule has 2 N–H and O–H groups in total. The lowest BCUT2D eigenvalue weighted by Crippen LogP contribution is -2.35. The second-order valence-corrected chi connectivity index (χ2v) is 7.90. The number of aryl methyl sites for hydroxylation is 1. The third-order valence-corrected chi connectivity index (χ3v) is 5.70. The Morgan fingerprint density at radius 1 is 1.22 bits per heavy atom. The predicted octanol–water partition coefficient (Wildman–Crippen LogP) is 2.59. The molecule has 2 aromatic carbocycles. The van der Waals surface area contributed by atoms with Crippen molar-refractivity contribution in [1.29, 1.82) is 0 Å². The van der Waals surface area contributed by atoms with Crippen molar-refractivity contribution in [3.8, 4) is 0 Å². The number of nitrogens with one attached hydrogen (secondary N) is 2. The topological polar surface area (TPSA) is 84.5 Å². The van der Waals surface area contributed by atoms with Crippen molar-refractivity contribution in [2.45, 2.75) is 24.3 Å². The van der Waals surface area contributed by atoms with Gasteiger partial charge in [-0.25, -0.2) is 21.9 Å². The van der Waals surface area contributed by atoms with Crippen LogP contribution in [0.4, 0.5) is 14.5 Å². The van der Waals surface area contributed by atoms with Gasteiger partial charge < -0.3 is 10.1 Å². The van der Waals surface area contributed by atoms with Crippen molar-refractivity contribution >= 4 is 21.6 Å². The average Bonchev–Trinajstić information content (AvgIpc) is 3.10. The molecular weight excluding hydrogens is 378 g/mol. The van der Waals surface area contributed by atoms with Crippen LogP contribution >= 0.6 is 0 Å². The van der Waals surface area contributed by atoms with E-state index in [9.17, 15) is 22.0 Å². The molecule has 1 aliphatic rings. The maximum atomic E-state index is 14.8. The minimum absolute atomic E-state index is 0.213. The SMILES string of the molecule is Cc1cc(NC(=O)c2cccc(S(=O)(=O)N[C@@H]3CCOC3)c2F)ccc1F. The summed E-state index contributed by atoms with van der Waals surface area (Å²) in [6.07, 6.45) is 0.491. The van der Waals surface area contributed by atoms with Crippen LogP contribution in [0.2, 0.25) is 0 Å². The Hall–Kier alpha value is -2.36. The molecule has 1 amide bonds. The zero-order valence-corrected chi connectivity index (χ0v) is 15.3. The lowest BCUT2D eigenvalue weighted by Gasteiger charge is -2.13. The average molecular weight is 396 g/mol. The number of anilines is 1. The quantitative estimate of drug-likeness (QED) is 0.814. The normalized spacial score (nSPS) is 17.1. The van der Waals surface area contributed by atoms with E-state index in [2.05, 4.69) is 10.0 Å². The summed E-state index contributed by atoms with van der Waals surface area (Å²) in [4.78, 5) is 11.8. The van der Waals surface area contributed by atoms with Gasteiger partial charge in [-0.15, -0.1) is 0 Å². The Morgan fingerprint density at radius 3 is 2.67 bits per heavy atom. The van der Waals surface area contributed by atoms with E-state index in [0.29, 0.717) is 18.6 Å². The molecule has 1 heterocycles. The zero-order valence-electron chi connectivity index (χ0n) is 14.5. The van der Waals surface area contributed by atoms with Crippen molar-refractivity contribution < 1.29 is 26.7 Å². The van der Waals surface area contributed by atoms with Crippen molar-refractivity contribution in [2.24, 2.45) is 0 Å². The van der Waals surface area contributed by atoms with E-state index < -0.39 is 44.1 Å². The van der Waals surface area contributed by atoms with Crippen LogP contribution in [0.3, 0.4) is 0 Å². The van der Waals surface area contributed by atoms with Gasteiger partial charge in [-0.1, -0.05) is 6.07 Å². The number of benzene rings is 2. The summed E-state index contributed by atoms with van der Waals surface area (Å²) in [5.41, 5.74) is 0.155. The monoisotopic (exact) mass is 396 g/mol. The summed E-state index contributed by atoms with van der Waals surface area (Å²) < 4.78 is 60.5. The van der Waals surface area contributed by atoms with Gasteiger partial charge in [0.15, 0.2) is 5.82 Å². The number of hydrogen-bond donors (Lipinski definition) is 2. The number of ether oxygens (including phenoxy) is 1. The molecule has 1 saturated heterocycles. The smallest absolute Gasteiger partial charge is 0.258 e. The second-order valence-electron chi connectivity index (χ2n) is 6.22. The summed E-state index contributed by atoms with van der Waals surface area (Å²) >= 11 is 0. The molecule has 6 nitrogen and oxygen atoms in total. The molecule has 0 bridgehead atoms. The van der Waals surface area contributed by atoms with Gasteiger partial charge in [0.1, 0.15) is 10.7 Å². The number of carbonyl (C=O) groups is 1. The fourth-order valence-electron chi connectivity index (χ4n) is 2.72. The van der Waals surface area contributed by atoms with Crippen LogP contribution in [-0.2, 0) is 14.8 Å². The summed E-state index contributed by atoms with van der Waals surface area (Å²) in [5.74, 6) is -2.42. The molecule has 0 unspecified atom stereocenters. The Labute approximate surface area is 155 Å². The molecule has 1 aliphatic heterocycles. The van der Waals surface area contributed by atoms with Gasteiger partial charge in [0.2, 0.25) is 10.0 Å². The lowest BCUT2D eigenvalue weighted by atomic mass is 10.1. The number of halogens is 2. The molecule has 0 spiro atoms. The Bertz CT molecular complexity index is 973. The molecule has 27 heavy (non-hydrogen) atoms. The van der Waals surface area contributed by atoms with Gasteiger partial charge in [0.05, 0.1) is 12.2 Å². The largest absolute Gasteiger partial charge is 0.380 e. The van der Waals surface area contributed by atoms with Crippen molar-refractivity contribution in [3.63, 3.8) is 0 Å². The van der Waals surface area contributed by atoms with E-state index in [1.54, 1.807) is 0 Å². The predicted molar refractivity (Wildman–Crippen MR) is 95.0 cm³/mol. The van der Waals surface area contributed by atoms with Gasteiger partial charge in [0, 0.05) is 18.3 Å². The first-order valence-corrected chi connectivity index (χ1v) is 9.72. The Balaban J connectivity index is 1.85. The number of rotatable bonds is 5. The van der Waals surface area contributed by atoms with Gasteiger partial charge in [-0.05, 0) is 49.2 Å². The van der Waals surface area contributed by atoms with Crippen molar-refractivity contribution in [2.75, 3.05) is 18.5 Å². The number of carbonyl (C=O) groups excluding carboxylic acids is 1. The highest BCUT2D eigenvalue weighted by atomic mass is 32.2.